The topological polar surface area (TPSA) is 105 Å². The number of amides is 1. The molecule has 45 heavy (non-hydrogen) atoms. The molecule has 14 heteroatoms. The van der Waals surface area contributed by atoms with Crippen LogP contribution in [0.4, 0.5) is 19.0 Å². The lowest BCUT2D eigenvalue weighted by molar-refractivity contribution is -0.127. The van der Waals surface area contributed by atoms with Gasteiger partial charge in [-0.2, -0.15) is 4.98 Å². The number of para-hydroxylation sites is 1. The summed E-state index contributed by atoms with van der Waals surface area (Å²) in [6.45, 7) is 6.24. The Balaban J connectivity index is 1.71. The zero-order valence-electron chi connectivity index (χ0n) is 24.8. The standard InChI is InChI=1S/C31H30F3N5O4SSi/c1-4-24(40)37-13-14-38(31(2,45)16-37)28-19-15-22(34)26(25-20(32)8-6-9-21(25)33)35-29(19)39(30(41)36-28)27-18(17-11-12-17)7-5-10-23(27)44(3,42)43/h4-10,15,17H,1,11-14,16H2,2-3,45H3/t31-/m0/s1. The van der Waals surface area contributed by atoms with E-state index in [1.54, 1.807) is 17.0 Å². The molecule has 6 rings (SSSR count). The smallest absolute Gasteiger partial charge is 0.351 e. The Kier molecular flexibility index (Phi) is 7.47. The van der Waals surface area contributed by atoms with E-state index in [0.29, 0.717) is 15.8 Å². The van der Waals surface area contributed by atoms with Gasteiger partial charge in [0, 0.05) is 41.3 Å². The van der Waals surface area contributed by atoms with Crippen LogP contribution in [0.25, 0.3) is 28.0 Å². The normalized spacial score (nSPS) is 18.9. The van der Waals surface area contributed by atoms with Gasteiger partial charge in [0.15, 0.2) is 21.3 Å². The third-order valence-electron chi connectivity index (χ3n) is 8.32. The summed E-state index contributed by atoms with van der Waals surface area (Å²) < 4.78 is 73.0. The predicted molar refractivity (Wildman–Crippen MR) is 168 cm³/mol. The van der Waals surface area contributed by atoms with Gasteiger partial charge >= 0.3 is 5.69 Å². The summed E-state index contributed by atoms with van der Waals surface area (Å²) in [7, 11) is -3.42. The zero-order valence-corrected chi connectivity index (χ0v) is 27.7. The quantitative estimate of drug-likeness (QED) is 0.233. The average Bonchev–Trinajstić information content (AvgIpc) is 3.81. The number of hydrogen-bond acceptors (Lipinski definition) is 7. The number of piperazine rings is 1. The highest BCUT2D eigenvalue weighted by Crippen LogP contribution is 2.45. The van der Waals surface area contributed by atoms with Crippen LogP contribution in [0.1, 0.15) is 31.2 Å². The van der Waals surface area contributed by atoms with Gasteiger partial charge < -0.3 is 9.80 Å². The van der Waals surface area contributed by atoms with Crippen molar-refractivity contribution in [2.75, 3.05) is 30.8 Å². The van der Waals surface area contributed by atoms with Crippen molar-refractivity contribution >= 4 is 42.8 Å². The summed E-state index contributed by atoms with van der Waals surface area (Å²) >= 11 is 0. The van der Waals surface area contributed by atoms with Crippen molar-refractivity contribution in [1.82, 2.24) is 19.4 Å². The molecule has 1 aliphatic carbocycles. The number of aromatic nitrogens is 3. The van der Waals surface area contributed by atoms with Crippen LogP contribution in [-0.4, -0.2) is 75.1 Å². The Bertz CT molecular complexity index is 2060. The molecular weight excluding hydrogens is 624 g/mol. The molecule has 1 atom stereocenters. The van der Waals surface area contributed by atoms with Gasteiger partial charge in [-0.05, 0) is 61.6 Å². The van der Waals surface area contributed by atoms with Crippen LogP contribution in [0.2, 0.25) is 0 Å². The second-order valence-electron chi connectivity index (χ2n) is 12.0. The zero-order chi connectivity index (χ0) is 32.4. The number of halogens is 3. The molecule has 2 aromatic carbocycles. The average molecular weight is 654 g/mol. The first kappa shape index (κ1) is 30.7. The number of carbonyl (C=O) groups excluding carboxylic acids is 1. The Morgan fingerprint density at radius 2 is 1.73 bits per heavy atom. The van der Waals surface area contributed by atoms with Crippen LogP contribution < -0.4 is 10.6 Å². The highest BCUT2D eigenvalue weighted by molar-refractivity contribution is 7.90. The van der Waals surface area contributed by atoms with Crippen molar-refractivity contribution in [3.05, 3.63) is 88.6 Å². The fraction of sp³-hybridized carbons (Fsp3) is 0.290. The molecule has 0 N–H and O–H groups in total. The fourth-order valence-electron chi connectivity index (χ4n) is 6.08. The van der Waals surface area contributed by atoms with Crippen molar-refractivity contribution in [1.29, 1.82) is 0 Å². The molecule has 2 fully saturated rings. The van der Waals surface area contributed by atoms with E-state index in [1.165, 1.54) is 12.1 Å². The molecule has 0 unspecified atom stereocenters. The van der Waals surface area contributed by atoms with Gasteiger partial charge in [0.05, 0.1) is 21.5 Å². The molecule has 0 spiro atoms. The van der Waals surface area contributed by atoms with Crippen molar-refractivity contribution in [2.24, 2.45) is 0 Å². The lowest BCUT2D eigenvalue weighted by atomic mass is 10.1. The van der Waals surface area contributed by atoms with E-state index < -0.39 is 49.4 Å². The lowest BCUT2D eigenvalue weighted by Crippen LogP contribution is -2.63. The number of hydrogen-bond donors (Lipinski definition) is 0. The number of fused-ring (bicyclic) bond motifs is 1. The number of sulfone groups is 1. The molecular formula is C31H30F3N5O4SSi. The summed E-state index contributed by atoms with van der Waals surface area (Å²) in [4.78, 5) is 38.6. The summed E-state index contributed by atoms with van der Waals surface area (Å²) in [5.41, 5.74) is -1.89. The van der Waals surface area contributed by atoms with Crippen LogP contribution in [0, 0.1) is 17.5 Å². The van der Waals surface area contributed by atoms with E-state index >= 15 is 4.39 Å². The molecule has 3 heterocycles. The van der Waals surface area contributed by atoms with Crippen molar-refractivity contribution in [3.63, 3.8) is 0 Å². The van der Waals surface area contributed by atoms with Crippen LogP contribution in [-0.2, 0) is 14.6 Å². The number of carbonyl (C=O) groups is 1. The van der Waals surface area contributed by atoms with Gasteiger partial charge in [0.25, 0.3) is 0 Å². The number of nitrogens with zero attached hydrogens (tertiary/aromatic N) is 5. The molecule has 2 aromatic heterocycles. The van der Waals surface area contributed by atoms with Crippen molar-refractivity contribution < 1.29 is 26.4 Å². The molecule has 9 nitrogen and oxygen atoms in total. The van der Waals surface area contributed by atoms with E-state index in [0.717, 1.165) is 47.9 Å². The fourth-order valence-corrected chi connectivity index (χ4v) is 7.78. The Morgan fingerprint density at radius 1 is 1.07 bits per heavy atom. The number of anilines is 1. The summed E-state index contributed by atoms with van der Waals surface area (Å²) in [5, 5.41) is -0.630. The van der Waals surface area contributed by atoms with Gasteiger partial charge in [0.2, 0.25) is 5.91 Å². The first-order chi connectivity index (χ1) is 21.2. The molecule has 2 aliphatic rings. The minimum absolute atomic E-state index is 0.0330. The van der Waals surface area contributed by atoms with E-state index in [2.05, 4.69) is 16.5 Å². The van der Waals surface area contributed by atoms with Crippen molar-refractivity contribution in [3.8, 4) is 16.9 Å². The highest BCUT2D eigenvalue weighted by Gasteiger charge is 2.38. The summed E-state index contributed by atoms with van der Waals surface area (Å²) in [5.74, 6) is -3.39. The number of benzene rings is 2. The van der Waals surface area contributed by atoms with E-state index in [9.17, 15) is 26.8 Å². The lowest BCUT2D eigenvalue weighted by Gasteiger charge is -2.48. The van der Waals surface area contributed by atoms with Gasteiger partial charge in [-0.1, -0.05) is 24.8 Å². The van der Waals surface area contributed by atoms with Crippen LogP contribution in [0.5, 0.6) is 0 Å². The van der Waals surface area contributed by atoms with Crippen LogP contribution in [0.3, 0.4) is 0 Å². The first-order valence-electron chi connectivity index (χ1n) is 14.3. The van der Waals surface area contributed by atoms with E-state index in [1.807, 2.05) is 11.8 Å². The monoisotopic (exact) mass is 653 g/mol. The maximum Gasteiger partial charge on any atom is 0.355 e. The minimum atomic E-state index is -3.90. The third-order valence-corrected chi connectivity index (χ3v) is 10.3. The largest absolute Gasteiger partial charge is 0.355 e. The van der Waals surface area contributed by atoms with Crippen LogP contribution >= 0.6 is 0 Å². The van der Waals surface area contributed by atoms with Crippen LogP contribution in [0.15, 0.2) is 64.8 Å². The first-order valence-corrected chi connectivity index (χ1v) is 17.2. The number of rotatable bonds is 6. The number of pyridine rings is 1. The third kappa shape index (κ3) is 5.35. The Morgan fingerprint density at radius 3 is 2.33 bits per heavy atom. The van der Waals surface area contributed by atoms with Gasteiger partial charge in [-0.3, -0.25) is 4.79 Å². The Labute approximate surface area is 260 Å². The van der Waals surface area contributed by atoms with Crippen molar-refractivity contribution in [2.45, 2.75) is 35.7 Å². The highest BCUT2D eigenvalue weighted by atomic mass is 32.2. The molecule has 0 radical (unpaired) electrons. The second kappa shape index (κ2) is 10.9. The minimum Gasteiger partial charge on any atom is -0.351 e. The molecule has 0 bridgehead atoms. The van der Waals surface area contributed by atoms with E-state index in [4.69, 9.17) is 0 Å². The maximum absolute atomic E-state index is 16.0. The summed E-state index contributed by atoms with van der Waals surface area (Å²) in [6, 6.07) is 8.78. The molecule has 1 saturated heterocycles. The van der Waals surface area contributed by atoms with E-state index in [-0.39, 0.29) is 58.9 Å². The van der Waals surface area contributed by atoms with Gasteiger partial charge in [-0.25, -0.2) is 35.9 Å². The molecule has 1 saturated carbocycles. The Hall–Kier alpha value is -4.30. The molecule has 1 amide bonds. The second-order valence-corrected chi connectivity index (χ2v) is 16.1. The predicted octanol–water partition coefficient (Wildman–Crippen LogP) is 3.06. The van der Waals surface area contributed by atoms with Gasteiger partial charge in [-0.15, -0.1) is 0 Å². The molecule has 1 aliphatic heterocycles. The molecule has 234 valence electrons. The molecule has 4 aromatic rings. The maximum atomic E-state index is 16.0. The summed E-state index contributed by atoms with van der Waals surface area (Å²) in [6.07, 6.45) is 3.76. The SMILES string of the molecule is C=CC(=O)N1CCN(c2nc(=O)n(-c3c(C4CC4)cccc3S(C)(=O)=O)c3nc(-c4c(F)cccc4F)c(F)cc23)[C@@](C)([SiH3])C1. The van der Waals surface area contributed by atoms with Gasteiger partial charge in [0.1, 0.15) is 23.1 Å².